The number of hydrogen-bond acceptors (Lipinski definition) is 3. The van der Waals surface area contributed by atoms with Crippen molar-refractivity contribution in [2.24, 2.45) is 0 Å². The molecule has 0 aliphatic heterocycles. The summed E-state index contributed by atoms with van der Waals surface area (Å²) in [7, 11) is 0. The number of phenols is 2. The lowest BCUT2D eigenvalue weighted by molar-refractivity contribution is 0.437. The van der Waals surface area contributed by atoms with Crippen molar-refractivity contribution in [3.63, 3.8) is 0 Å². The van der Waals surface area contributed by atoms with E-state index in [0.29, 0.717) is 0 Å². The summed E-state index contributed by atoms with van der Waals surface area (Å²) < 4.78 is 0. The van der Waals surface area contributed by atoms with Crippen LogP contribution in [0.4, 0.5) is 0 Å². The van der Waals surface area contributed by atoms with E-state index in [2.05, 4.69) is 17.2 Å². The molecule has 0 fully saturated rings. The molecular formula is C13H17NO2. The van der Waals surface area contributed by atoms with Crippen molar-refractivity contribution >= 4 is 0 Å². The van der Waals surface area contributed by atoms with Crippen LogP contribution in [0, 0.1) is 11.8 Å². The quantitative estimate of drug-likeness (QED) is 0.537. The van der Waals surface area contributed by atoms with Gasteiger partial charge in [0.1, 0.15) is 11.5 Å². The van der Waals surface area contributed by atoms with E-state index in [0.717, 1.165) is 18.5 Å². The summed E-state index contributed by atoms with van der Waals surface area (Å²) in [4.78, 5) is 0. The van der Waals surface area contributed by atoms with Crippen molar-refractivity contribution in [3.05, 3.63) is 23.8 Å². The second kappa shape index (κ2) is 6.04. The van der Waals surface area contributed by atoms with Gasteiger partial charge in [0, 0.05) is 30.6 Å². The molecule has 1 atom stereocenters. The van der Waals surface area contributed by atoms with E-state index < -0.39 is 0 Å². The van der Waals surface area contributed by atoms with Crippen LogP contribution in [-0.2, 0) is 0 Å². The Hall–Kier alpha value is -1.66. The first-order valence-corrected chi connectivity index (χ1v) is 5.30. The molecule has 1 aromatic carbocycles. The van der Waals surface area contributed by atoms with Crippen LogP contribution in [0.1, 0.15) is 31.9 Å². The van der Waals surface area contributed by atoms with Gasteiger partial charge in [0.15, 0.2) is 0 Å². The maximum atomic E-state index is 9.64. The number of aromatic hydroxyl groups is 2. The van der Waals surface area contributed by atoms with Crippen LogP contribution >= 0.6 is 0 Å². The number of benzene rings is 1. The van der Waals surface area contributed by atoms with E-state index in [1.54, 1.807) is 12.1 Å². The smallest absolute Gasteiger partial charge is 0.124 e. The first-order valence-electron chi connectivity index (χ1n) is 5.30. The normalized spacial score (nSPS) is 11.6. The van der Waals surface area contributed by atoms with Crippen LogP contribution < -0.4 is 5.32 Å². The van der Waals surface area contributed by atoms with Gasteiger partial charge in [0.25, 0.3) is 0 Å². The van der Waals surface area contributed by atoms with Crippen molar-refractivity contribution in [1.29, 1.82) is 0 Å². The summed E-state index contributed by atoms with van der Waals surface area (Å²) in [5.41, 5.74) is 0.780. The van der Waals surface area contributed by atoms with E-state index in [4.69, 9.17) is 5.11 Å². The summed E-state index contributed by atoms with van der Waals surface area (Å²) in [6.45, 7) is 4.56. The fourth-order valence-corrected chi connectivity index (χ4v) is 1.48. The SMILES string of the molecule is CC#CCCNC(C)c1ccc(O)cc1O. The van der Waals surface area contributed by atoms with Crippen LogP contribution in [0.3, 0.4) is 0 Å². The van der Waals surface area contributed by atoms with Crippen molar-refractivity contribution in [2.75, 3.05) is 6.54 Å². The van der Waals surface area contributed by atoms with E-state index in [1.165, 1.54) is 6.07 Å². The molecule has 0 amide bonds. The Morgan fingerprint density at radius 3 is 2.75 bits per heavy atom. The second-order valence-electron chi connectivity index (χ2n) is 3.60. The number of hydrogen-bond donors (Lipinski definition) is 3. The minimum Gasteiger partial charge on any atom is -0.508 e. The van der Waals surface area contributed by atoms with Gasteiger partial charge in [-0.05, 0) is 19.9 Å². The number of nitrogens with one attached hydrogen (secondary N) is 1. The van der Waals surface area contributed by atoms with Gasteiger partial charge in [-0.2, -0.15) is 0 Å². The van der Waals surface area contributed by atoms with Gasteiger partial charge in [0.2, 0.25) is 0 Å². The maximum absolute atomic E-state index is 9.64. The largest absolute Gasteiger partial charge is 0.508 e. The molecule has 0 aromatic heterocycles. The van der Waals surface area contributed by atoms with Crippen molar-refractivity contribution in [2.45, 2.75) is 26.3 Å². The molecule has 0 saturated carbocycles. The van der Waals surface area contributed by atoms with Crippen molar-refractivity contribution in [1.82, 2.24) is 5.32 Å². The highest BCUT2D eigenvalue weighted by Gasteiger charge is 2.09. The third kappa shape index (κ3) is 3.48. The van der Waals surface area contributed by atoms with Gasteiger partial charge in [0.05, 0.1) is 0 Å². The van der Waals surface area contributed by atoms with Crippen LogP contribution in [0.5, 0.6) is 11.5 Å². The molecule has 0 saturated heterocycles. The summed E-state index contributed by atoms with van der Waals surface area (Å²) in [6.07, 6.45) is 0.791. The zero-order chi connectivity index (χ0) is 12.0. The highest BCUT2D eigenvalue weighted by Crippen LogP contribution is 2.27. The van der Waals surface area contributed by atoms with Crippen molar-refractivity contribution in [3.8, 4) is 23.3 Å². The Kier molecular flexibility index (Phi) is 4.68. The molecule has 0 spiro atoms. The van der Waals surface area contributed by atoms with Crippen molar-refractivity contribution < 1.29 is 10.2 Å². The molecule has 3 heteroatoms. The van der Waals surface area contributed by atoms with Gasteiger partial charge in [-0.3, -0.25) is 0 Å². The second-order valence-corrected chi connectivity index (χ2v) is 3.60. The standard InChI is InChI=1S/C13H17NO2/c1-3-4-5-8-14-10(2)12-7-6-11(15)9-13(12)16/h6-7,9-10,14-16H,5,8H2,1-2H3. The Morgan fingerprint density at radius 1 is 1.38 bits per heavy atom. The van der Waals surface area contributed by atoms with Crippen LogP contribution in [-0.4, -0.2) is 16.8 Å². The third-order valence-corrected chi connectivity index (χ3v) is 2.36. The molecule has 0 aliphatic rings. The average Bonchev–Trinajstić information content (AvgIpc) is 2.24. The van der Waals surface area contributed by atoms with E-state index >= 15 is 0 Å². The first kappa shape index (κ1) is 12.4. The van der Waals surface area contributed by atoms with Gasteiger partial charge in [-0.15, -0.1) is 11.8 Å². The molecule has 0 bridgehead atoms. The molecule has 0 aliphatic carbocycles. The summed E-state index contributed by atoms with van der Waals surface area (Å²) >= 11 is 0. The third-order valence-electron chi connectivity index (χ3n) is 2.36. The van der Waals surface area contributed by atoms with Gasteiger partial charge < -0.3 is 15.5 Å². The van der Waals surface area contributed by atoms with E-state index in [-0.39, 0.29) is 17.5 Å². The molecule has 1 rings (SSSR count). The Balaban J connectivity index is 2.57. The molecule has 86 valence electrons. The molecule has 3 N–H and O–H groups in total. The minimum absolute atomic E-state index is 0.0410. The zero-order valence-corrected chi connectivity index (χ0v) is 9.62. The monoisotopic (exact) mass is 219 g/mol. The van der Waals surface area contributed by atoms with E-state index in [9.17, 15) is 5.11 Å². The number of phenolic OH excluding ortho intramolecular Hbond substituents is 2. The Morgan fingerprint density at radius 2 is 2.12 bits per heavy atom. The van der Waals surface area contributed by atoms with Crippen LogP contribution in [0.2, 0.25) is 0 Å². The topological polar surface area (TPSA) is 52.5 Å². The predicted octanol–water partition coefficient (Wildman–Crippen LogP) is 2.16. The molecule has 1 aromatic rings. The first-order chi connectivity index (χ1) is 7.65. The van der Waals surface area contributed by atoms with E-state index in [1.807, 2.05) is 13.8 Å². The highest BCUT2D eigenvalue weighted by atomic mass is 16.3. The predicted molar refractivity (Wildman–Crippen MR) is 64.3 cm³/mol. The van der Waals surface area contributed by atoms with Crippen LogP contribution in [0.25, 0.3) is 0 Å². The Bertz CT molecular complexity index is 404. The maximum Gasteiger partial charge on any atom is 0.124 e. The fraction of sp³-hybridized carbons (Fsp3) is 0.385. The van der Waals surface area contributed by atoms with Crippen LogP contribution in [0.15, 0.2) is 18.2 Å². The van der Waals surface area contributed by atoms with Gasteiger partial charge in [-0.1, -0.05) is 6.07 Å². The summed E-state index contributed by atoms with van der Waals surface area (Å²) in [5.74, 6) is 5.98. The average molecular weight is 219 g/mol. The molecule has 0 heterocycles. The lowest BCUT2D eigenvalue weighted by atomic mass is 10.1. The zero-order valence-electron chi connectivity index (χ0n) is 9.62. The highest BCUT2D eigenvalue weighted by molar-refractivity contribution is 5.40. The molecular weight excluding hydrogens is 202 g/mol. The minimum atomic E-state index is 0.0410. The fourth-order valence-electron chi connectivity index (χ4n) is 1.48. The Labute approximate surface area is 96.1 Å². The molecule has 0 radical (unpaired) electrons. The summed E-state index contributed by atoms with van der Waals surface area (Å²) in [6, 6.07) is 4.67. The summed E-state index contributed by atoms with van der Waals surface area (Å²) in [5, 5.41) is 22.1. The molecule has 16 heavy (non-hydrogen) atoms. The number of rotatable bonds is 4. The molecule has 1 unspecified atom stereocenters. The van der Waals surface area contributed by atoms with Gasteiger partial charge in [-0.25, -0.2) is 0 Å². The lowest BCUT2D eigenvalue weighted by Gasteiger charge is -2.14. The lowest BCUT2D eigenvalue weighted by Crippen LogP contribution is -2.19. The van der Waals surface area contributed by atoms with Gasteiger partial charge >= 0.3 is 0 Å². The molecule has 3 nitrogen and oxygen atoms in total.